The number of guanidine groups is 1. The van der Waals surface area contributed by atoms with Crippen LogP contribution >= 0.6 is 0 Å². The second-order valence-corrected chi connectivity index (χ2v) is 12.9. The number of hydrogen-bond acceptors (Lipinski definition) is 6. The summed E-state index contributed by atoms with van der Waals surface area (Å²) < 4.78 is 11.2. The van der Waals surface area contributed by atoms with Crippen molar-refractivity contribution in [3.8, 4) is 0 Å². The van der Waals surface area contributed by atoms with Gasteiger partial charge < -0.3 is 25.8 Å². The van der Waals surface area contributed by atoms with E-state index in [2.05, 4.69) is 30.7 Å². The predicted molar refractivity (Wildman–Crippen MR) is 190 cm³/mol. The average Bonchev–Trinajstić information content (AvgIpc) is 3.02. The summed E-state index contributed by atoms with van der Waals surface area (Å²) >= 11 is 0. The first kappa shape index (κ1) is 43.2. The normalized spacial score (nSPS) is 11.9. The molecule has 0 aliphatic heterocycles. The zero-order chi connectivity index (χ0) is 33.2. The number of carbonyl (C=O) groups excluding carboxylic acids is 2. The molecule has 0 spiro atoms. The number of ether oxygens (including phenoxy) is 2. The van der Waals surface area contributed by atoms with Crippen molar-refractivity contribution >= 4 is 17.9 Å². The van der Waals surface area contributed by atoms with Crippen LogP contribution in [0.15, 0.2) is 4.99 Å². The molecule has 0 fully saturated rings. The van der Waals surface area contributed by atoms with E-state index in [-0.39, 0.29) is 24.0 Å². The first-order valence-electron chi connectivity index (χ1n) is 19.1. The zero-order valence-electron chi connectivity index (χ0n) is 30.0. The Bertz CT molecular complexity index is 700. The van der Waals surface area contributed by atoms with E-state index in [1.165, 1.54) is 57.8 Å². The first-order chi connectivity index (χ1) is 21.9. The Hall–Kier alpha value is -1.83. The van der Waals surface area contributed by atoms with Crippen molar-refractivity contribution in [2.24, 2.45) is 16.5 Å². The molecule has 0 radical (unpaired) electrons. The Balaban J connectivity index is 4.10. The molecule has 0 rings (SSSR count). The summed E-state index contributed by atoms with van der Waals surface area (Å²) in [5.74, 6) is 0.119. The lowest BCUT2D eigenvalue weighted by atomic mass is 10.1. The lowest BCUT2D eigenvalue weighted by molar-refractivity contribution is -0.150. The summed E-state index contributed by atoms with van der Waals surface area (Å²) in [6, 6.07) is 0. The van der Waals surface area contributed by atoms with E-state index in [9.17, 15) is 9.59 Å². The molecular formula is C37H74N4O4. The zero-order valence-corrected chi connectivity index (χ0v) is 30.0. The van der Waals surface area contributed by atoms with Gasteiger partial charge in [-0.2, -0.15) is 0 Å². The summed E-state index contributed by atoms with van der Waals surface area (Å²) in [6.45, 7) is 11.0. The van der Waals surface area contributed by atoms with Gasteiger partial charge in [-0.3, -0.25) is 14.6 Å². The van der Waals surface area contributed by atoms with Gasteiger partial charge in [0.25, 0.3) is 0 Å². The fourth-order valence-corrected chi connectivity index (χ4v) is 5.63. The molecule has 8 heteroatoms. The molecule has 0 amide bonds. The largest absolute Gasteiger partial charge is 0.466 e. The van der Waals surface area contributed by atoms with E-state index >= 15 is 0 Å². The summed E-state index contributed by atoms with van der Waals surface area (Å²) in [6.07, 6.45) is 27.0. The number of nitrogens with two attached hydrogens (primary N) is 2. The Labute approximate surface area is 278 Å². The maximum Gasteiger partial charge on any atom is 0.306 e. The third-order valence-electron chi connectivity index (χ3n) is 8.46. The standard InChI is InChI=1S/C37H74N4O4/c1-4-7-10-17-23-33-44-35(42)27-19-13-11-15-21-30-41(32-24-29-40-37(38)39)31-22-16-12-14-20-28-36(43)45-34(25-9-6-3)26-18-8-5-2/h34H,4-33H2,1-3H3,(H4,38,39,40). The maximum atomic E-state index is 12.4. The topological polar surface area (TPSA) is 120 Å². The number of nitrogens with zero attached hydrogens (tertiary/aromatic N) is 2. The van der Waals surface area contributed by atoms with Crippen LogP contribution in [0.5, 0.6) is 0 Å². The molecule has 8 nitrogen and oxygen atoms in total. The van der Waals surface area contributed by atoms with Crippen LogP contribution in [0.25, 0.3) is 0 Å². The molecule has 0 aliphatic rings. The third kappa shape index (κ3) is 31.9. The van der Waals surface area contributed by atoms with Crippen LogP contribution in [0.2, 0.25) is 0 Å². The molecule has 0 bridgehead atoms. The minimum atomic E-state index is -0.0359. The predicted octanol–water partition coefficient (Wildman–Crippen LogP) is 8.83. The lowest BCUT2D eigenvalue weighted by Crippen LogP contribution is -2.28. The Morgan fingerprint density at radius 1 is 0.578 bits per heavy atom. The minimum Gasteiger partial charge on any atom is -0.466 e. The number of unbranched alkanes of at least 4 members (excludes halogenated alkanes) is 15. The molecule has 0 aromatic carbocycles. The first-order valence-corrected chi connectivity index (χ1v) is 19.1. The summed E-state index contributed by atoms with van der Waals surface area (Å²) in [5.41, 5.74) is 11.0. The van der Waals surface area contributed by atoms with Gasteiger partial charge in [0.1, 0.15) is 6.10 Å². The molecule has 0 saturated carbocycles. The van der Waals surface area contributed by atoms with Crippen molar-refractivity contribution in [1.29, 1.82) is 0 Å². The molecule has 0 aromatic rings. The highest BCUT2D eigenvalue weighted by Gasteiger charge is 2.14. The van der Waals surface area contributed by atoms with E-state index < -0.39 is 0 Å². The van der Waals surface area contributed by atoms with Crippen LogP contribution in [-0.2, 0) is 19.1 Å². The smallest absolute Gasteiger partial charge is 0.306 e. The summed E-state index contributed by atoms with van der Waals surface area (Å²) in [7, 11) is 0. The quantitative estimate of drug-likeness (QED) is 0.0313. The van der Waals surface area contributed by atoms with E-state index in [1.807, 2.05) is 0 Å². The highest BCUT2D eigenvalue weighted by molar-refractivity contribution is 5.75. The average molecular weight is 639 g/mol. The van der Waals surface area contributed by atoms with Crippen LogP contribution in [0.3, 0.4) is 0 Å². The van der Waals surface area contributed by atoms with Gasteiger partial charge in [0.2, 0.25) is 0 Å². The van der Waals surface area contributed by atoms with E-state index in [1.54, 1.807) is 0 Å². The molecule has 4 N–H and O–H groups in total. The SMILES string of the molecule is CCCCCCCOC(=O)CCCCCCCN(CCCCCCCC(=O)OC(CCCC)CCCCC)CCCN=C(N)N. The van der Waals surface area contributed by atoms with Gasteiger partial charge in [-0.25, -0.2) is 0 Å². The van der Waals surface area contributed by atoms with Crippen molar-refractivity contribution in [2.45, 2.75) is 187 Å². The highest BCUT2D eigenvalue weighted by Crippen LogP contribution is 2.16. The van der Waals surface area contributed by atoms with Crippen LogP contribution < -0.4 is 11.5 Å². The number of hydrogen-bond donors (Lipinski definition) is 2. The van der Waals surface area contributed by atoms with Crippen LogP contribution in [0.4, 0.5) is 0 Å². The molecule has 266 valence electrons. The van der Waals surface area contributed by atoms with Crippen molar-refractivity contribution < 1.29 is 19.1 Å². The molecule has 0 aromatic heterocycles. The monoisotopic (exact) mass is 639 g/mol. The van der Waals surface area contributed by atoms with Crippen molar-refractivity contribution in [1.82, 2.24) is 4.90 Å². The second kappa shape index (κ2) is 33.5. The lowest BCUT2D eigenvalue weighted by Gasteiger charge is -2.22. The highest BCUT2D eigenvalue weighted by atomic mass is 16.5. The molecule has 45 heavy (non-hydrogen) atoms. The fraction of sp³-hybridized carbons (Fsp3) is 0.919. The molecule has 0 heterocycles. The molecular weight excluding hydrogens is 564 g/mol. The number of rotatable bonds is 34. The Morgan fingerprint density at radius 3 is 1.69 bits per heavy atom. The molecule has 1 unspecified atom stereocenters. The van der Waals surface area contributed by atoms with Crippen LogP contribution in [-0.4, -0.2) is 61.7 Å². The maximum absolute atomic E-state index is 12.4. The van der Waals surface area contributed by atoms with Gasteiger partial charge in [-0.15, -0.1) is 0 Å². The summed E-state index contributed by atoms with van der Waals surface area (Å²) in [5, 5.41) is 0. The Kier molecular flexibility index (Phi) is 32.2. The fourth-order valence-electron chi connectivity index (χ4n) is 5.63. The van der Waals surface area contributed by atoms with Crippen molar-refractivity contribution in [3.05, 3.63) is 0 Å². The van der Waals surface area contributed by atoms with Gasteiger partial charge >= 0.3 is 11.9 Å². The van der Waals surface area contributed by atoms with Crippen LogP contribution in [0.1, 0.15) is 181 Å². The molecule has 0 saturated heterocycles. The van der Waals surface area contributed by atoms with Gasteiger partial charge in [0.05, 0.1) is 6.61 Å². The van der Waals surface area contributed by atoms with E-state index in [0.717, 1.165) is 110 Å². The van der Waals surface area contributed by atoms with Crippen LogP contribution in [0, 0.1) is 0 Å². The second-order valence-electron chi connectivity index (χ2n) is 12.9. The number of esters is 2. The van der Waals surface area contributed by atoms with Gasteiger partial charge in [-0.1, -0.05) is 111 Å². The molecule has 0 aliphatic carbocycles. The van der Waals surface area contributed by atoms with Gasteiger partial charge in [0, 0.05) is 19.4 Å². The molecule has 1 atom stereocenters. The van der Waals surface area contributed by atoms with Gasteiger partial charge in [0.15, 0.2) is 5.96 Å². The Morgan fingerprint density at radius 2 is 1.07 bits per heavy atom. The minimum absolute atomic E-state index is 0.00680. The van der Waals surface area contributed by atoms with E-state index in [0.29, 0.717) is 26.0 Å². The summed E-state index contributed by atoms with van der Waals surface area (Å²) in [4.78, 5) is 31.0. The van der Waals surface area contributed by atoms with Crippen molar-refractivity contribution in [2.75, 3.05) is 32.8 Å². The van der Waals surface area contributed by atoms with Crippen molar-refractivity contribution in [3.63, 3.8) is 0 Å². The third-order valence-corrected chi connectivity index (χ3v) is 8.46. The van der Waals surface area contributed by atoms with Gasteiger partial charge in [-0.05, 0) is 77.4 Å². The number of carbonyl (C=O) groups is 2. The van der Waals surface area contributed by atoms with E-state index in [4.69, 9.17) is 20.9 Å². The number of aliphatic imine (C=N–C) groups is 1.